The van der Waals surface area contributed by atoms with Gasteiger partial charge in [-0.25, -0.2) is 0 Å². The number of hydrogen-bond acceptors (Lipinski definition) is 3. The van der Waals surface area contributed by atoms with Crippen molar-refractivity contribution in [2.24, 2.45) is 0 Å². The lowest BCUT2D eigenvalue weighted by Crippen LogP contribution is -2.20. The first-order valence-electron chi connectivity index (χ1n) is 3.58. The molecule has 1 aliphatic rings. The van der Waals surface area contributed by atoms with Crippen LogP contribution in [0.4, 0.5) is 0 Å². The Hall–Kier alpha value is -0.670. The summed E-state index contributed by atoms with van der Waals surface area (Å²) < 4.78 is 10.6. The molecule has 62 valence electrons. The largest absolute Gasteiger partial charge is 0.347 e. The summed E-state index contributed by atoms with van der Waals surface area (Å²) in [6.45, 7) is 4.22. The Labute approximate surface area is 66.0 Å². The van der Waals surface area contributed by atoms with Crippen LogP contribution in [0.2, 0.25) is 0 Å². The Bertz CT molecular complexity index is 172. The van der Waals surface area contributed by atoms with E-state index in [4.69, 9.17) is 9.47 Å². The number of rotatable bonds is 2. The summed E-state index contributed by atoms with van der Waals surface area (Å²) in [6, 6.07) is 0. The maximum atomic E-state index is 9.94. The van der Waals surface area contributed by atoms with E-state index in [-0.39, 0.29) is 6.10 Å². The van der Waals surface area contributed by atoms with E-state index in [1.807, 2.05) is 13.8 Å². The third-order valence-corrected chi connectivity index (χ3v) is 1.43. The van der Waals surface area contributed by atoms with Gasteiger partial charge in [-0.2, -0.15) is 0 Å². The molecule has 1 rings (SSSR count). The second-order valence-corrected chi connectivity index (χ2v) is 2.89. The average Bonchev–Trinajstić information content (AvgIpc) is 2.26. The fourth-order valence-corrected chi connectivity index (χ4v) is 0.980. The van der Waals surface area contributed by atoms with Crippen molar-refractivity contribution >= 4 is 6.29 Å². The zero-order valence-electron chi connectivity index (χ0n) is 6.74. The van der Waals surface area contributed by atoms with Gasteiger partial charge in [0, 0.05) is 0 Å². The number of ether oxygens (including phenoxy) is 2. The summed E-state index contributed by atoms with van der Waals surface area (Å²) in [5.41, 5.74) is 0. The van der Waals surface area contributed by atoms with Crippen LogP contribution in [0.3, 0.4) is 0 Å². The molecule has 1 saturated heterocycles. The van der Waals surface area contributed by atoms with Crippen LogP contribution >= 0.6 is 0 Å². The van der Waals surface area contributed by atoms with Crippen LogP contribution in [0, 0.1) is 0 Å². The monoisotopic (exact) mass is 156 g/mol. The zero-order valence-corrected chi connectivity index (χ0v) is 6.74. The van der Waals surface area contributed by atoms with Gasteiger partial charge in [0.15, 0.2) is 5.79 Å². The zero-order chi connectivity index (χ0) is 8.32. The molecule has 1 atom stereocenters. The molecule has 1 heterocycles. The number of aldehydes is 1. The molecule has 0 unspecified atom stereocenters. The van der Waals surface area contributed by atoms with Crippen molar-refractivity contribution in [3.05, 3.63) is 12.2 Å². The first-order chi connectivity index (χ1) is 5.14. The SMILES string of the molecule is CC1(C)OC[C@H](/C=C/C=O)O1. The molecule has 11 heavy (non-hydrogen) atoms. The third kappa shape index (κ3) is 2.44. The molecule has 0 saturated carbocycles. The average molecular weight is 156 g/mol. The van der Waals surface area contributed by atoms with Crippen LogP contribution in [0.15, 0.2) is 12.2 Å². The van der Waals surface area contributed by atoms with Crippen molar-refractivity contribution in [2.45, 2.75) is 25.7 Å². The fourth-order valence-electron chi connectivity index (χ4n) is 0.980. The van der Waals surface area contributed by atoms with Gasteiger partial charge in [0.1, 0.15) is 12.4 Å². The lowest BCUT2D eigenvalue weighted by Gasteiger charge is -2.15. The molecule has 0 aliphatic carbocycles. The standard InChI is InChI=1S/C8H12O3/c1-8(2)10-6-7(11-8)4-3-5-9/h3-5,7H,6H2,1-2H3/b4-3+/t7-/m0/s1. The highest BCUT2D eigenvalue weighted by atomic mass is 16.7. The second kappa shape index (κ2) is 3.15. The Morgan fingerprint density at radius 2 is 2.27 bits per heavy atom. The van der Waals surface area contributed by atoms with E-state index in [9.17, 15) is 4.79 Å². The number of carbonyl (C=O) groups is 1. The number of allylic oxidation sites excluding steroid dienone is 1. The molecule has 3 heteroatoms. The van der Waals surface area contributed by atoms with Gasteiger partial charge in [-0.05, 0) is 19.9 Å². The molecule has 0 spiro atoms. The van der Waals surface area contributed by atoms with E-state index < -0.39 is 5.79 Å². The lowest BCUT2D eigenvalue weighted by atomic mass is 10.3. The highest BCUT2D eigenvalue weighted by Crippen LogP contribution is 2.22. The third-order valence-electron chi connectivity index (χ3n) is 1.43. The maximum absolute atomic E-state index is 9.94. The molecule has 0 aromatic rings. The van der Waals surface area contributed by atoms with Gasteiger partial charge >= 0.3 is 0 Å². The van der Waals surface area contributed by atoms with Crippen molar-refractivity contribution in [2.75, 3.05) is 6.61 Å². The smallest absolute Gasteiger partial charge is 0.163 e. The number of hydrogen-bond donors (Lipinski definition) is 0. The Kier molecular flexibility index (Phi) is 2.42. The van der Waals surface area contributed by atoms with E-state index in [0.717, 1.165) is 6.29 Å². The molecular formula is C8H12O3. The van der Waals surface area contributed by atoms with Gasteiger partial charge in [0.25, 0.3) is 0 Å². The van der Waals surface area contributed by atoms with E-state index in [1.165, 1.54) is 6.08 Å². The predicted octanol–water partition coefficient (Wildman–Crippen LogP) is 0.893. The Morgan fingerprint density at radius 1 is 1.55 bits per heavy atom. The first kappa shape index (κ1) is 8.43. The highest BCUT2D eigenvalue weighted by Gasteiger charge is 2.30. The summed E-state index contributed by atoms with van der Waals surface area (Å²) >= 11 is 0. The van der Waals surface area contributed by atoms with E-state index >= 15 is 0 Å². The normalized spacial score (nSPS) is 29.5. The maximum Gasteiger partial charge on any atom is 0.163 e. The molecule has 3 nitrogen and oxygen atoms in total. The molecule has 1 fully saturated rings. The molecule has 0 amide bonds. The fraction of sp³-hybridized carbons (Fsp3) is 0.625. The van der Waals surface area contributed by atoms with Gasteiger partial charge in [-0.3, -0.25) is 4.79 Å². The molecule has 1 aliphatic heterocycles. The summed E-state index contributed by atoms with van der Waals surface area (Å²) in [7, 11) is 0. The topological polar surface area (TPSA) is 35.5 Å². The summed E-state index contributed by atoms with van der Waals surface area (Å²) in [5.74, 6) is -0.502. The highest BCUT2D eigenvalue weighted by molar-refractivity contribution is 5.64. The quantitative estimate of drug-likeness (QED) is 0.440. The lowest BCUT2D eigenvalue weighted by molar-refractivity contribution is -0.133. The first-order valence-corrected chi connectivity index (χ1v) is 3.58. The summed E-state index contributed by atoms with van der Waals surface area (Å²) in [6.07, 6.45) is 3.78. The summed E-state index contributed by atoms with van der Waals surface area (Å²) in [5, 5.41) is 0. The van der Waals surface area contributed by atoms with Gasteiger partial charge < -0.3 is 9.47 Å². The Balaban J connectivity index is 2.42. The van der Waals surface area contributed by atoms with Gasteiger partial charge in [-0.1, -0.05) is 6.08 Å². The summed E-state index contributed by atoms with van der Waals surface area (Å²) in [4.78, 5) is 9.94. The van der Waals surface area contributed by atoms with Gasteiger partial charge in [0.05, 0.1) is 6.61 Å². The van der Waals surface area contributed by atoms with Crippen LogP contribution in [0.1, 0.15) is 13.8 Å². The van der Waals surface area contributed by atoms with E-state index in [2.05, 4.69) is 0 Å². The van der Waals surface area contributed by atoms with Crippen molar-refractivity contribution in [3.8, 4) is 0 Å². The second-order valence-electron chi connectivity index (χ2n) is 2.89. The molecule has 0 aromatic heterocycles. The Morgan fingerprint density at radius 3 is 2.73 bits per heavy atom. The minimum absolute atomic E-state index is 0.0739. The van der Waals surface area contributed by atoms with Crippen molar-refractivity contribution in [1.82, 2.24) is 0 Å². The molecule has 0 radical (unpaired) electrons. The molecule has 0 aromatic carbocycles. The van der Waals surface area contributed by atoms with E-state index in [1.54, 1.807) is 6.08 Å². The number of carbonyl (C=O) groups excluding carboxylic acids is 1. The predicted molar refractivity (Wildman–Crippen MR) is 40.1 cm³/mol. The molecule has 0 N–H and O–H groups in total. The van der Waals surface area contributed by atoms with E-state index in [0.29, 0.717) is 6.61 Å². The van der Waals surface area contributed by atoms with Crippen molar-refractivity contribution in [1.29, 1.82) is 0 Å². The van der Waals surface area contributed by atoms with Crippen LogP contribution in [-0.2, 0) is 14.3 Å². The minimum Gasteiger partial charge on any atom is -0.347 e. The molecule has 0 bridgehead atoms. The molecular weight excluding hydrogens is 144 g/mol. The van der Waals surface area contributed by atoms with Crippen molar-refractivity contribution < 1.29 is 14.3 Å². The van der Waals surface area contributed by atoms with Crippen LogP contribution < -0.4 is 0 Å². The van der Waals surface area contributed by atoms with Crippen molar-refractivity contribution in [3.63, 3.8) is 0 Å². The van der Waals surface area contributed by atoms with Crippen LogP contribution in [0.25, 0.3) is 0 Å². The van der Waals surface area contributed by atoms with Gasteiger partial charge in [0.2, 0.25) is 0 Å². The van der Waals surface area contributed by atoms with Gasteiger partial charge in [-0.15, -0.1) is 0 Å². The minimum atomic E-state index is -0.502. The van der Waals surface area contributed by atoms with Crippen LogP contribution in [0.5, 0.6) is 0 Å². The van der Waals surface area contributed by atoms with Crippen LogP contribution in [-0.4, -0.2) is 24.8 Å².